The van der Waals surface area contributed by atoms with Crippen molar-refractivity contribution in [3.8, 4) is 0 Å². The van der Waals surface area contributed by atoms with E-state index in [1.165, 1.54) is 24.3 Å². The molecule has 6 heteroatoms. The SMILES string of the molecule is O=C1C=C(S(=O)(=O)[O-])c2ccccc2C1=O. The molecular weight excluding hydrogens is 232 g/mol. The van der Waals surface area contributed by atoms with Crippen molar-refractivity contribution >= 4 is 26.6 Å². The highest BCUT2D eigenvalue weighted by atomic mass is 32.2. The standard InChI is InChI=1S/C10H6O5S/c11-8-5-9(16(13,14)15)6-3-1-2-4-7(6)10(8)12/h1-5H,(H,13,14,15)/p-1. The first-order valence-corrected chi connectivity index (χ1v) is 5.68. The summed E-state index contributed by atoms with van der Waals surface area (Å²) in [6.45, 7) is 0. The third-order valence-corrected chi connectivity index (χ3v) is 3.07. The summed E-state index contributed by atoms with van der Waals surface area (Å²) in [4.78, 5) is 21.9. The molecular formula is C10H5O5S-. The average molecular weight is 237 g/mol. The van der Waals surface area contributed by atoms with E-state index in [1.54, 1.807) is 0 Å². The molecule has 0 aromatic heterocycles. The van der Waals surface area contributed by atoms with Crippen LogP contribution in [-0.2, 0) is 14.9 Å². The Bertz CT molecular complexity index is 624. The van der Waals surface area contributed by atoms with E-state index in [-0.39, 0.29) is 11.1 Å². The molecule has 16 heavy (non-hydrogen) atoms. The Labute approximate surface area is 91.1 Å². The number of benzene rings is 1. The number of hydrogen-bond acceptors (Lipinski definition) is 5. The lowest BCUT2D eigenvalue weighted by atomic mass is 9.95. The van der Waals surface area contributed by atoms with Gasteiger partial charge in [0.05, 0.1) is 4.91 Å². The molecule has 0 spiro atoms. The molecule has 1 aromatic carbocycles. The minimum Gasteiger partial charge on any atom is -0.744 e. The van der Waals surface area contributed by atoms with Crippen LogP contribution in [0.15, 0.2) is 30.3 Å². The van der Waals surface area contributed by atoms with Gasteiger partial charge in [-0.05, 0) is 0 Å². The Morgan fingerprint density at radius 3 is 2.12 bits per heavy atom. The third kappa shape index (κ3) is 1.58. The monoisotopic (exact) mass is 237 g/mol. The second-order valence-electron chi connectivity index (χ2n) is 3.20. The van der Waals surface area contributed by atoms with E-state index in [2.05, 4.69) is 0 Å². The molecule has 82 valence electrons. The van der Waals surface area contributed by atoms with Crippen LogP contribution in [0.4, 0.5) is 0 Å². The fourth-order valence-corrected chi connectivity index (χ4v) is 2.20. The van der Waals surface area contributed by atoms with Gasteiger partial charge in [0.1, 0.15) is 10.1 Å². The largest absolute Gasteiger partial charge is 0.744 e. The Morgan fingerprint density at radius 2 is 1.56 bits per heavy atom. The van der Waals surface area contributed by atoms with Crippen molar-refractivity contribution in [3.63, 3.8) is 0 Å². The van der Waals surface area contributed by atoms with Gasteiger partial charge in [0.15, 0.2) is 0 Å². The molecule has 2 rings (SSSR count). The van der Waals surface area contributed by atoms with Gasteiger partial charge in [-0.15, -0.1) is 0 Å². The molecule has 0 heterocycles. The fourth-order valence-electron chi connectivity index (χ4n) is 1.50. The van der Waals surface area contributed by atoms with Crippen LogP contribution in [0.25, 0.3) is 4.91 Å². The highest BCUT2D eigenvalue weighted by Gasteiger charge is 2.27. The highest BCUT2D eigenvalue weighted by Crippen LogP contribution is 2.28. The lowest BCUT2D eigenvalue weighted by Crippen LogP contribution is -2.21. The topological polar surface area (TPSA) is 91.3 Å². The maximum atomic E-state index is 11.4. The van der Waals surface area contributed by atoms with Gasteiger partial charge in [-0.3, -0.25) is 9.59 Å². The van der Waals surface area contributed by atoms with E-state index < -0.39 is 26.6 Å². The minimum atomic E-state index is -4.76. The summed E-state index contributed by atoms with van der Waals surface area (Å²) < 4.78 is 32.7. The normalized spacial score (nSPS) is 15.7. The lowest BCUT2D eigenvalue weighted by Gasteiger charge is -2.18. The van der Waals surface area contributed by atoms with Gasteiger partial charge in [-0.1, -0.05) is 24.3 Å². The molecule has 0 radical (unpaired) electrons. The van der Waals surface area contributed by atoms with Crippen molar-refractivity contribution in [2.75, 3.05) is 0 Å². The predicted octanol–water partition coefficient (Wildman–Crippen LogP) is 0.338. The van der Waals surface area contributed by atoms with Crippen molar-refractivity contribution < 1.29 is 22.6 Å². The van der Waals surface area contributed by atoms with E-state index in [4.69, 9.17) is 0 Å². The van der Waals surface area contributed by atoms with Crippen molar-refractivity contribution in [1.29, 1.82) is 0 Å². The second-order valence-corrected chi connectivity index (χ2v) is 4.55. The van der Waals surface area contributed by atoms with Gasteiger partial charge in [0.25, 0.3) is 0 Å². The zero-order valence-corrected chi connectivity index (χ0v) is 8.65. The van der Waals surface area contributed by atoms with Gasteiger partial charge in [-0.25, -0.2) is 8.42 Å². The molecule has 0 saturated carbocycles. The zero-order valence-electron chi connectivity index (χ0n) is 7.84. The van der Waals surface area contributed by atoms with Crippen LogP contribution < -0.4 is 0 Å². The molecule has 0 N–H and O–H groups in total. The number of allylic oxidation sites excluding steroid dienone is 1. The van der Waals surface area contributed by atoms with Crippen molar-refractivity contribution in [2.45, 2.75) is 0 Å². The summed E-state index contributed by atoms with van der Waals surface area (Å²) in [5.41, 5.74) is -0.0634. The van der Waals surface area contributed by atoms with E-state index >= 15 is 0 Å². The third-order valence-electron chi connectivity index (χ3n) is 2.19. The van der Waals surface area contributed by atoms with Crippen molar-refractivity contribution in [1.82, 2.24) is 0 Å². The van der Waals surface area contributed by atoms with Crippen molar-refractivity contribution in [3.05, 3.63) is 41.5 Å². The molecule has 0 fully saturated rings. The maximum Gasteiger partial charge on any atom is 0.233 e. The van der Waals surface area contributed by atoms with Crippen molar-refractivity contribution in [2.24, 2.45) is 0 Å². The Hall–Kier alpha value is -1.79. The number of Topliss-reactive ketones (excluding diaryl/α,β-unsaturated/α-hetero) is 1. The molecule has 1 aromatic rings. The van der Waals surface area contributed by atoms with E-state index in [1.807, 2.05) is 0 Å². The van der Waals surface area contributed by atoms with Crippen LogP contribution in [0.3, 0.4) is 0 Å². The molecule has 0 amide bonds. The summed E-state index contributed by atoms with van der Waals surface area (Å²) in [7, 11) is -4.76. The minimum absolute atomic E-state index is 0.0119. The first kappa shape index (κ1) is 10.7. The highest BCUT2D eigenvalue weighted by molar-refractivity contribution is 7.95. The smallest absolute Gasteiger partial charge is 0.233 e. The Balaban J connectivity index is 2.80. The molecule has 0 bridgehead atoms. The Kier molecular flexibility index (Phi) is 2.25. The van der Waals surface area contributed by atoms with Gasteiger partial charge in [0.2, 0.25) is 11.6 Å². The molecule has 0 aliphatic heterocycles. The molecule has 1 aliphatic rings. The van der Waals surface area contributed by atoms with Crippen LogP contribution in [0.1, 0.15) is 15.9 Å². The molecule has 0 atom stereocenters. The molecule has 5 nitrogen and oxygen atoms in total. The quantitative estimate of drug-likeness (QED) is 0.518. The number of hydrogen-bond donors (Lipinski definition) is 0. The number of ketones is 2. The first-order valence-electron chi connectivity index (χ1n) is 4.27. The van der Waals surface area contributed by atoms with Crippen LogP contribution >= 0.6 is 0 Å². The van der Waals surface area contributed by atoms with Gasteiger partial charge in [0, 0.05) is 17.2 Å². The summed E-state index contributed by atoms with van der Waals surface area (Å²) >= 11 is 0. The summed E-state index contributed by atoms with van der Waals surface area (Å²) in [6, 6.07) is 5.61. The molecule has 0 unspecified atom stereocenters. The first-order chi connectivity index (χ1) is 7.41. The summed E-state index contributed by atoms with van der Waals surface area (Å²) in [6.07, 6.45) is 0.576. The lowest BCUT2D eigenvalue weighted by molar-refractivity contribution is -0.110. The summed E-state index contributed by atoms with van der Waals surface area (Å²) in [5, 5.41) is 0. The summed E-state index contributed by atoms with van der Waals surface area (Å²) in [5.74, 6) is -1.80. The van der Waals surface area contributed by atoms with E-state index in [0.717, 1.165) is 0 Å². The van der Waals surface area contributed by atoms with Crippen LogP contribution in [0.5, 0.6) is 0 Å². The van der Waals surface area contributed by atoms with Gasteiger partial charge in [-0.2, -0.15) is 0 Å². The number of carbonyl (C=O) groups excluding carboxylic acids is 2. The van der Waals surface area contributed by atoms with E-state index in [0.29, 0.717) is 6.08 Å². The maximum absolute atomic E-state index is 11.4. The Morgan fingerprint density at radius 1 is 1.00 bits per heavy atom. The second kappa shape index (κ2) is 3.36. The number of fused-ring (bicyclic) bond motifs is 1. The van der Waals surface area contributed by atoms with Gasteiger partial charge >= 0.3 is 0 Å². The molecule has 1 aliphatic carbocycles. The predicted molar refractivity (Wildman–Crippen MR) is 53.5 cm³/mol. The van der Waals surface area contributed by atoms with Gasteiger partial charge < -0.3 is 4.55 Å². The van der Waals surface area contributed by atoms with E-state index in [9.17, 15) is 22.6 Å². The number of rotatable bonds is 1. The fraction of sp³-hybridized carbons (Fsp3) is 0. The zero-order chi connectivity index (χ0) is 11.9. The van der Waals surface area contributed by atoms with Crippen LogP contribution in [0, 0.1) is 0 Å². The van der Waals surface area contributed by atoms with Crippen LogP contribution in [-0.4, -0.2) is 24.5 Å². The average Bonchev–Trinajstić information content (AvgIpc) is 2.22. The molecule has 0 saturated heterocycles. The van der Waals surface area contributed by atoms with Crippen LogP contribution in [0.2, 0.25) is 0 Å². The number of carbonyl (C=O) groups is 2.